The number of hydrogen-bond donors (Lipinski definition) is 0. The number of hydrogen-bond acceptors (Lipinski definition) is 0. The van der Waals surface area contributed by atoms with Gasteiger partial charge in [0.2, 0.25) is 0 Å². The van der Waals surface area contributed by atoms with Gasteiger partial charge in [0.25, 0.3) is 0 Å². The molecule has 0 heterocycles. The normalized spacial score (nSPS) is 11.6. The Balaban J connectivity index is 3.48. The first-order valence-corrected chi connectivity index (χ1v) is 5.23. The predicted molar refractivity (Wildman–Crippen MR) is 57.4 cm³/mol. The van der Waals surface area contributed by atoms with Gasteiger partial charge in [-0.15, -0.1) is 6.58 Å². The lowest BCUT2D eigenvalue weighted by atomic mass is 9.82. The standard InChI is InChI=1S/C12H24/c1-5-7-9-11-12(3,4)10-8-6-2/h6H,2,5,7-11H2,1,3-4H3. The Bertz CT molecular complexity index is 111. The van der Waals surface area contributed by atoms with Gasteiger partial charge in [-0.05, 0) is 24.7 Å². The highest BCUT2D eigenvalue weighted by Crippen LogP contribution is 2.29. The summed E-state index contributed by atoms with van der Waals surface area (Å²) in [6, 6.07) is 0. The molecule has 0 spiro atoms. The second kappa shape index (κ2) is 6.28. The van der Waals surface area contributed by atoms with Crippen molar-refractivity contribution in [3.63, 3.8) is 0 Å². The van der Waals surface area contributed by atoms with Gasteiger partial charge in [0.05, 0.1) is 0 Å². The van der Waals surface area contributed by atoms with E-state index >= 15 is 0 Å². The van der Waals surface area contributed by atoms with Crippen LogP contribution >= 0.6 is 0 Å². The van der Waals surface area contributed by atoms with E-state index in [1.165, 1.54) is 38.5 Å². The van der Waals surface area contributed by atoms with Crippen LogP contribution in [0.25, 0.3) is 0 Å². The third kappa shape index (κ3) is 6.45. The minimum Gasteiger partial charge on any atom is -0.103 e. The Kier molecular flexibility index (Phi) is 6.14. The van der Waals surface area contributed by atoms with Gasteiger partial charge in [0.15, 0.2) is 0 Å². The van der Waals surface area contributed by atoms with Crippen LogP contribution in [0.15, 0.2) is 12.7 Å². The molecule has 0 aliphatic rings. The monoisotopic (exact) mass is 168 g/mol. The summed E-state index contributed by atoms with van der Waals surface area (Å²) in [5.74, 6) is 0. The van der Waals surface area contributed by atoms with Crippen LogP contribution in [0.1, 0.15) is 59.3 Å². The smallest absolute Gasteiger partial charge is 0.0348 e. The van der Waals surface area contributed by atoms with Crippen molar-refractivity contribution >= 4 is 0 Å². The molecule has 0 aliphatic carbocycles. The van der Waals surface area contributed by atoms with E-state index in [0.717, 1.165) is 0 Å². The van der Waals surface area contributed by atoms with E-state index in [2.05, 4.69) is 27.4 Å². The Morgan fingerprint density at radius 1 is 1.17 bits per heavy atom. The van der Waals surface area contributed by atoms with Crippen LogP contribution in [0.3, 0.4) is 0 Å². The van der Waals surface area contributed by atoms with Crippen LogP contribution in [-0.2, 0) is 0 Å². The molecule has 0 aromatic rings. The Labute approximate surface area is 78.1 Å². The van der Waals surface area contributed by atoms with Crippen molar-refractivity contribution in [2.45, 2.75) is 59.3 Å². The molecule has 0 radical (unpaired) electrons. The molecule has 0 saturated heterocycles. The maximum atomic E-state index is 3.76. The second-order valence-corrected chi connectivity index (χ2v) is 4.45. The number of rotatable bonds is 7. The van der Waals surface area contributed by atoms with E-state index in [9.17, 15) is 0 Å². The molecule has 0 amide bonds. The predicted octanol–water partition coefficient (Wildman–Crippen LogP) is 4.56. The minimum atomic E-state index is 0.531. The van der Waals surface area contributed by atoms with Gasteiger partial charge < -0.3 is 0 Å². The second-order valence-electron chi connectivity index (χ2n) is 4.45. The van der Waals surface area contributed by atoms with Crippen LogP contribution < -0.4 is 0 Å². The molecule has 0 heteroatoms. The highest BCUT2D eigenvalue weighted by Gasteiger charge is 2.15. The summed E-state index contributed by atoms with van der Waals surface area (Å²) < 4.78 is 0. The third-order valence-electron chi connectivity index (χ3n) is 2.48. The molecular formula is C12H24. The average Bonchev–Trinajstić information content (AvgIpc) is 2.01. The molecule has 0 rings (SSSR count). The molecule has 0 saturated carbocycles. The third-order valence-corrected chi connectivity index (χ3v) is 2.48. The molecule has 0 N–H and O–H groups in total. The maximum Gasteiger partial charge on any atom is -0.0348 e. The topological polar surface area (TPSA) is 0 Å². The fraction of sp³-hybridized carbons (Fsp3) is 0.833. The largest absolute Gasteiger partial charge is 0.103 e. The average molecular weight is 168 g/mol. The summed E-state index contributed by atoms with van der Waals surface area (Å²) in [4.78, 5) is 0. The summed E-state index contributed by atoms with van der Waals surface area (Å²) in [6.45, 7) is 10.8. The molecule has 0 nitrogen and oxygen atoms in total. The zero-order valence-electron chi connectivity index (χ0n) is 9.03. The van der Waals surface area contributed by atoms with Crippen molar-refractivity contribution in [3.05, 3.63) is 12.7 Å². The van der Waals surface area contributed by atoms with E-state index in [0.29, 0.717) is 5.41 Å². The number of allylic oxidation sites excluding steroid dienone is 1. The summed E-state index contributed by atoms with van der Waals surface area (Å²) in [6.07, 6.45) is 9.96. The van der Waals surface area contributed by atoms with Crippen molar-refractivity contribution < 1.29 is 0 Å². The quantitative estimate of drug-likeness (QED) is 0.386. The SMILES string of the molecule is C=CCCC(C)(C)CCCCC. The maximum absolute atomic E-state index is 3.76. The van der Waals surface area contributed by atoms with Crippen molar-refractivity contribution in [1.29, 1.82) is 0 Å². The van der Waals surface area contributed by atoms with Crippen LogP contribution in [-0.4, -0.2) is 0 Å². The highest BCUT2D eigenvalue weighted by atomic mass is 14.2. The van der Waals surface area contributed by atoms with Crippen LogP contribution in [0.2, 0.25) is 0 Å². The summed E-state index contributed by atoms with van der Waals surface area (Å²) in [7, 11) is 0. The minimum absolute atomic E-state index is 0.531. The molecule has 0 unspecified atom stereocenters. The van der Waals surface area contributed by atoms with E-state index < -0.39 is 0 Å². The van der Waals surface area contributed by atoms with Crippen LogP contribution in [0, 0.1) is 5.41 Å². The highest BCUT2D eigenvalue weighted by molar-refractivity contribution is 4.75. The lowest BCUT2D eigenvalue weighted by Gasteiger charge is -2.23. The van der Waals surface area contributed by atoms with Crippen molar-refractivity contribution in [1.82, 2.24) is 0 Å². The molecular weight excluding hydrogens is 144 g/mol. The van der Waals surface area contributed by atoms with Gasteiger partial charge in [-0.1, -0.05) is 46.1 Å². The summed E-state index contributed by atoms with van der Waals surface area (Å²) in [5, 5.41) is 0. The van der Waals surface area contributed by atoms with Crippen molar-refractivity contribution in [2.24, 2.45) is 5.41 Å². The van der Waals surface area contributed by atoms with Gasteiger partial charge in [-0.3, -0.25) is 0 Å². The van der Waals surface area contributed by atoms with Gasteiger partial charge in [0, 0.05) is 0 Å². The zero-order valence-corrected chi connectivity index (χ0v) is 9.03. The molecule has 72 valence electrons. The summed E-state index contributed by atoms with van der Waals surface area (Å²) >= 11 is 0. The first-order chi connectivity index (χ1) is 5.62. The summed E-state index contributed by atoms with van der Waals surface area (Å²) in [5.41, 5.74) is 0.531. The van der Waals surface area contributed by atoms with Crippen molar-refractivity contribution in [3.8, 4) is 0 Å². The van der Waals surface area contributed by atoms with E-state index in [4.69, 9.17) is 0 Å². The van der Waals surface area contributed by atoms with Gasteiger partial charge >= 0.3 is 0 Å². The van der Waals surface area contributed by atoms with Crippen LogP contribution in [0.5, 0.6) is 0 Å². The molecule has 0 bridgehead atoms. The van der Waals surface area contributed by atoms with Crippen LogP contribution in [0.4, 0.5) is 0 Å². The van der Waals surface area contributed by atoms with Gasteiger partial charge in [0.1, 0.15) is 0 Å². The fourth-order valence-corrected chi connectivity index (χ4v) is 1.47. The molecule has 0 aromatic carbocycles. The van der Waals surface area contributed by atoms with Gasteiger partial charge in [-0.2, -0.15) is 0 Å². The Morgan fingerprint density at radius 3 is 2.33 bits per heavy atom. The fourth-order valence-electron chi connectivity index (χ4n) is 1.47. The van der Waals surface area contributed by atoms with E-state index in [1.54, 1.807) is 0 Å². The van der Waals surface area contributed by atoms with E-state index in [1.807, 2.05) is 6.08 Å². The van der Waals surface area contributed by atoms with Gasteiger partial charge in [-0.25, -0.2) is 0 Å². The molecule has 0 aliphatic heterocycles. The first kappa shape index (κ1) is 11.7. The first-order valence-electron chi connectivity index (χ1n) is 5.23. The molecule has 12 heavy (non-hydrogen) atoms. The van der Waals surface area contributed by atoms with Crippen molar-refractivity contribution in [2.75, 3.05) is 0 Å². The molecule has 0 atom stereocenters. The van der Waals surface area contributed by atoms with E-state index in [-0.39, 0.29) is 0 Å². The molecule has 0 fully saturated rings. The number of unbranched alkanes of at least 4 members (excludes halogenated alkanes) is 2. The lowest BCUT2D eigenvalue weighted by Crippen LogP contribution is -2.10. The lowest BCUT2D eigenvalue weighted by molar-refractivity contribution is 0.298. The molecule has 0 aromatic heterocycles. The Morgan fingerprint density at radius 2 is 1.83 bits per heavy atom. The Hall–Kier alpha value is -0.260. The zero-order chi connectivity index (χ0) is 9.45.